The standard InChI is InChI=1S/C23H28N2O3S/c1-6-17(4)25(23(26)20-8-7-9-27-20)12-19-14-29-22(24-19)13-28-21-11-15(2)10-16(3)18(21)5/h7-11,14,17H,6,12-13H2,1-5H3. The Morgan fingerprint density at radius 3 is 2.79 bits per heavy atom. The van der Waals surface area contributed by atoms with Crippen LogP contribution in [0.3, 0.4) is 0 Å². The number of benzene rings is 1. The molecule has 3 rings (SSSR count). The van der Waals surface area contributed by atoms with Crippen molar-refractivity contribution in [1.29, 1.82) is 0 Å². The Hall–Kier alpha value is -2.60. The van der Waals surface area contributed by atoms with Gasteiger partial charge in [0.25, 0.3) is 5.91 Å². The molecule has 0 aliphatic rings. The van der Waals surface area contributed by atoms with Crippen molar-refractivity contribution < 1.29 is 13.9 Å². The van der Waals surface area contributed by atoms with Gasteiger partial charge in [-0.15, -0.1) is 11.3 Å². The van der Waals surface area contributed by atoms with Crippen LogP contribution in [0.4, 0.5) is 0 Å². The minimum Gasteiger partial charge on any atom is -0.486 e. The number of carbonyl (C=O) groups is 1. The molecule has 1 aromatic carbocycles. The molecule has 0 aliphatic carbocycles. The average molecular weight is 413 g/mol. The van der Waals surface area contributed by atoms with Gasteiger partial charge in [-0.25, -0.2) is 4.98 Å². The predicted molar refractivity (Wildman–Crippen MR) is 115 cm³/mol. The van der Waals surface area contributed by atoms with Gasteiger partial charge in [0.1, 0.15) is 17.4 Å². The normalized spacial score (nSPS) is 12.0. The fourth-order valence-electron chi connectivity index (χ4n) is 3.14. The van der Waals surface area contributed by atoms with Gasteiger partial charge in [-0.1, -0.05) is 13.0 Å². The Morgan fingerprint density at radius 2 is 2.10 bits per heavy atom. The van der Waals surface area contributed by atoms with Crippen LogP contribution in [-0.4, -0.2) is 21.8 Å². The van der Waals surface area contributed by atoms with Gasteiger partial charge in [-0.05, 0) is 69.0 Å². The first-order valence-corrected chi connectivity index (χ1v) is 10.8. The van der Waals surface area contributed by atoms with E-state index in [2.05, 4.69) is 44.8 Å². The lowest BCUT2D eigenvalue weighted by molar-refractivity contribution is 0.0636. The molecule has 29 heavy (non-hydrogen) atoms. The molecule has 1 atom stereocenters. The van der Waals surface area contributed by atoms with Crippen molar-refractivity contribution in [2.45, 2.75) is 60.2 Å². The van der Waals surface area contributed by atoms with Gasteiger partial charge >= 0.3 is 0 Å². The molecule has 3 aromatic rings. The number of thiazole rings is 1. The van der Waals surface area contributed by atoms with Crippen LogP contribution in [0.5, 0.6) is 5.75 Å². The van der Waals surface area contributed by atoms with Crippen molar-refractivity contribution in [3.8, 4) is 5.75 Å². The summed E-state index contributed by atoms with van der Waals surface area (Å²) in [5.41, 5.74) is 4.43. The van der Waals surface area contributed by atoms with Crippen molar-refractivity contribution in [2.75, 3.05) is 0 Å². The lowest BCUT2D eigenvalue weighted by Crippen LogP contribution is -2.37. The Morgan fingerprint density at radius 1 is 1.31 bits per heavy atom. The van der Waals surface area contributed by atoms with E-state index >= 15 is 0 Å². The highest BCUT2D eigenvalue weighted by atomic mass is 32.1. The van der Waals surface area contributed by atoms with Crippen molar-refractivity contribution in [3.63, 3.8) is 0 Å². The van der Waals surface area contributed by atoms with E-state index in [1.54, 1.807) is 23.5 Å². The van der Waals surface area contributed by atoms with Crippen LogP contribution < -0.4 is 4.74 Å². The molecule has 1 unspecified atom stereocenters. The highest BCUT2D eigenvalue weighted by molar-refractivity contribution is 7.09. The summed E-state index contributed by atoms with van der Waals surface area (Å²) in [6, 6.07) is 7.73. The second-order valence-corrected chi connectivity index (χ2v) is 8.34. The molecule has 2 aromatic heterocycles. The maximum absolute atomic E-state index is 12.8. The SMILES string of the molecule is CCC(C)N(Cc1csc(COc2cc(C)cc(C)c2C)n1)C(=O)c1ccco1. The second-order valence-electron chi connectivity index (χ2n) is 7.39. The molecule has 1 amide bonds. The first-order chi connectivity index (χ1) is 13.9. The Bertz CT molecular complexity index is 963. The van der Waals surface area contributed by atoms with Crippen LogP contribution in [0.2, 0.25) is 0 Å². The van der Waals surface area contributed by atoms with Gasteiger partial charge < -0.3 is 14.1 Å². The lowest BCUT2D eigenvalue weighted by atomic mass is 10.1. The molecule has 0 saturated carbocycles. The van der Waals surface area contributed by atoms with E-state index in [-0.39, 0.29) is 11.9 Å². The molecule has 5 nitrogen and oxygen atoms in total. The zero-order valence-corrected chi connectivity index (χ0v) is 18.5. The number of nitrogens with zero attached hydrogens (tertiary/aromatic N) is 2. The number of furan rings is 1. The van der Waals surface area contributed by atoms with Crippen LogP contribution in [0, 0.1) is 20.8 Å². The zero-order chi connectivity index (χ0) is 21.0. The molecule has 0 spiro atoms. The number of rotatable bonds is 8. The summed E-state index contributed by atoms with van der Waals surface area (Å²) in [6.07, 6.45) is 2.38. The molecule has 0 saturated heterocycles. The molecule has 0 N–H and O–H groups in total. The molecule has 0 radical (unpaired) electrons. The number of hydrogen-bond acceptors (Lipinski definition) is 5. The fourth-order valence-corrected chi connectivity index (χ4v) is 3.84. The summed E-state index contributed by atoms with van der Waals surface area (Å²) in [7, 11) is 0. The predicted octanol–water partition coefficient (Wildman–Crippen LogP) is 5.68. The average Bonchev–Trinajstić information content (AvgIpc) is 3.38. The maximum atomic E-state index is 12.8. The number of ether oxygens (including phenoxy) is 1. The molecule has 6 heteroatoms. The Balaban J connectivity index is 1.69. The van der Waals surface area contributed by atoms with E-state index in [4.69, 9.17) is 9.15 Å². The monoisotopic (exact) mass is 412 g/mol. The summed E-state index contributed by atoms with van der Waals surface area (Å²) in [4.78, 5) is 19.3. The maximum Gasteiger partial charge on any atom is 0.290 e. The number of aromatic nitrogens is 1. The number of hydrogen-bond donors (Lipinski definition) is 0. The number of aryl methyl sites for hydroxylation is 2. The fraction of sp³-hybridized carbons (Fsp3) is 0.391. The van der Waals surface area contributed by atoms with E-state index < -0.39 is 0 Å². The largest absolute Gasteiger partial charge is 0.486 e. The van der Waals surface area contributed by atoms with Gasteiger partial charge in [0.05, 0.1) is 18.5 Å². The first kappa shape index (κ1) is 21.1. The van der Waals surface area contributed by atoms with E-state index in [0.29, 0.717) is 18.9 Å². The zero-order valence-electron chi connectivity index (χ0n) is 17.7. The summed E-state index contributed by atoms with van der Waals surface area (Å²) in [5, 5.41) is 2.89. The molecule has 0 aliphatic heterocycles. The van der Waals surface area contributed by atoms with Crippen LogP contribution in [0.15, 0.2) is 40.3 Å². The van der Waals surface area contributed by atoms with E-state index in [1.807, 2.05) is 17.2 Å². The van der Waals surface area contributed by atoms with Crippen molar-refractivity contribution in [2.24, 2.45) is 0 Å². The Kier molecular flexibility index (Phi) is 6.75. The van der Waals surface area contributed by atoms with Gasteiger partial charge in [0.2, 0.25) is 0 Å². The van der Waals surface area contributed by atoms with Gasteiger partial charge in [-0.2, -0.15) is 0 Å². The highest BCUT2D eigenvalue weighted by Gasteiger charge is 2.23. The minimum absolute atomic E-state index is 0.0897. The molecule has 0 bridgehead atoms. The molecular weight excluding hydrogens is 384 g/mol. The quantitative estimate of drug-likeness (QED) is 0.477. The van der Waals surface area contributed by atoms with Crippen LogP contribution in [-0.2, 0) is 13.2 Å². The van der Waals surface area contributed by atoms with Gasteiger partial charge in [0.15, 0.2) is 5.76 Å². The van der Waals surface area contributed by atoms with E-state index in [9.17, 15) is 4.79 Å². The van der Waals surface area contributed by atoms with Crippen molar-refractivity contribution >= 4 is 17.2 Å². The smallest absolute Gasteiger partial charge is 0.290 e. The van der Waals surface area contributed by atoms with Crippen molar-refractivity contribution in [3.05, 3.63) is 69.1 Å². The van der Waals surface area contributed by atoms with E-state index in [0.717, 1.165) is 28.4 Å². The van der Waals surface area contributed by atoms with Crippen LogP contribution in [0.1, 0.15) is 58.2 Å². The third-order valence-electron chi connectivity index (χ3n) is 5.16. The summed E-state index contributed by atoms with van der Waals surface area (Å²) < 4.78 is 11.3. The summed E-state index contributed by atoms with van der Waals surface area (Å²) in [5.74, 6) is 1.14. The van der Waals surface area contributed by atoms with Gasteiger partial charge in [-0.3, -0.25) is 4.79 Å². The lowest BCUT2D eigenvalue weighted by Gasteiger charge is -2.27. The number of amides is 1. The molecular formula is C23H28N2O3S. The van der Waals surface area contributed by atoms with Gasteiger partial charge in [0, 0.05) is 11.4 Å². The molecule has 2 heterocycles. The first-order valence-electron chi connectivity index (χ1n) is 9.87. The van der Waals surface area contributed by atoms with Crippen LogP contribution in [0.25, 0.3) is 0 Å². The van der Waals surface area contributed by atoms with E-state index in [1.165, 1.54) is 17.4 Å². The third kappa shape index (κ3) is 5.07. The Labute approximate surface area is 176 Å². The molecule has 0 fully saturated rings. The topological polar surface area (TPSA) is 55.6 Å². The molecule has 154 valence electrons. The summed E-state index contributed by atoms with van der Waals surface area (Å²) in [6.45, 7) is 11.2. The second kappa shape index (κ2) is 9.27. The minimum atomic E-state index is -0.110. The number of carbonyl (C=O) groups excluding carboxylic acids is 1. The summed E-state index contributed by atoms with van der Waals surface area (Å²) >= 11 is 1.56. The van der Waals surface area contributed by atoms with Crippen molar-refractivity contribution in [1.82, 2.24) is 9.88 Å². The third-order valence-corrected chi connectivity index (χ3v) is 6.03. The van der Waals surface area contributed by atoms with Crippen LogP contribution >= 0.6 is 11.3 Å². The highest BCUT2D eigenvalue weighted by Crippen LogP contribution is 2.25.